The quantitative estimate of drug-likeness (QED) is 0.578. The van der Waals surface area contributed by atoms with Crippen LogP contribution in [0.1, 0.15) is 42.1 Å². The van der Waals surface area contributed by atoms with E-state index in [-0.39, 0.29) is 31.1 Å². The van der Waals surface area contributed by atoms with Crippen molar-refractivity contribution in [2.75, 3.05) is 11.9 Å². The number of Topliss-reactive ketones (excluding diaryl/α,β-unsaturated/α-hetero) is 1. The molecule has 0 unspecified atom stereocenters. The summed E-state index contributed by atoms with van der Waals surface area (Å²) in [6.45, 7) is 1.88. The molecule has 7 heteroatoms. The summed E-state index contributed by atoms with van der Waals surface area (Å²) in [6.07, 6.45) is 2.12. The van der Waals surface area contributed by atoms with Gasteiger partial charge in [0, 0.05) is 23.4 Å². The number of benzene rings is 2. The Labute approximate surface area is 174 Å². The highest BCUT2D eigenvalue weighted by Crippen LogP contribution is 2.25. The van der Waals surface area contributed by atoms with Crippen molar-refractivity contribution < 1.29 is 14.4 Å². The molecule has 0 aliphatic rings. The van der Waals surface area contributed by atoms with E-state index >= 15 is 0 Å². The molecule has 0 heterocycles. The lowest BCUT2D eigenvalue weighted by molar-refractivity contribution is -0.124. The van der Waals surface area contributed by atoms with Gasteiger partial charge in [-0.05, 0) is 30.2 Å². The third-order valence-electron chi connectivity index (χ3n) is 4.04. The molecule has 2 N–H and O–H groups in total. The monoisotopic (exact) mass is 420 g/mol. The van der Waals surface area contributed by atoms with Gasteiger partial charge in [-0.15, -0.1) is 0 Å². The van der Waals surface area contributed by atoms with Crippen molar-refractivity contribution in [3.05, 3.63) is 63.6 Å². The maximum atomic E-state index is 12.2. The highest BCUT2D eigenvalue weighted by atomic mass is 35.5. The standard InChI is InChI=1S/C21H22Cl2N2O3/c1-2-3-14-4-6-15(7-5-14)19(26)10-11-20(27)24-13-21(28)25-18-12-16(22)8-9-17(18)23/h4-9,12H,2-3,10-11,13H2,1H3,(H,24,27)(H,25,28). The summed E-state index contributed by atoms with van der Waals surface area (Å²) in [5, 5.41) is 5.85. The second-order valence-corrected chi connectivity index (χ2v) is 7.16. The molecule has 0 fully saturated rings. The maximum absolute atomic E-state index is 12.2. The van der Waals surface area contributed by atoms with E-state index in [1.54, 1.807) is 24.3 Å². The van der Waals surface area contributed by atoms with E-state index in [0.29, 0.717) is 21.3 Å². The number of carbonyl (C=O) groups is 3. The SMILES string of the molecule is CCCc1ccc(C(=O)CCC(=O)NCC(=O)Nc2cc(Cl)ccc2Cl)cc1. The number of carbonyl (C=O) groups excluding carboxylic acids is 3. The molecule has 28 heavy (non-hydrogen) atoms. The summed E-state index contributed by atoms with van der Waals surface area (Å²) < 4.78 is 0. The van der Waals surface area contributed by atoms with Crippen molar-refractivity contribution in [3.63, 3.8) is 0 Å². The Morgan fingerprint density at radius 1 is 0.929 bits per heavy atom. The van der Waals surface area contributed by atoms with Gasteiger partial charge in [-0.1, -0.05) is 60.8 Å². The van der Waals surface area contributed by atoms with Crippen LogP contribution in [0.4, 0.5) is 5.69 Å². The molecule has 2 amide bonds. The topological polar surface area (TPSA) is 75.3 Å². The lowest BCUT2D eigenvalue weighted by Crippen LogP contribution is -2.33. The molecule has 148 valence electrons. The lowest BCUT2D eigenvalue weighted by atomic mass is 10.0. The molecular formula is C21H22Cl2N2O3. The Bertz CT molecular complexity index is 851. The van der Waals surface area contributed by atoms with E-state index in [1.165, 1.54) is 11.6 Å². The number of nitrogens with one attached hydrogen (secondary N) is 2. The Morgan fingerprint density at radius 3 is 2.32 bits per heavy atom. The first-order valence-corrected chi connectivity index (χ1v) is 9.78. The average molecular weight is 421 g/mol. The highest BCUT2D eigenvalue weighted by molar-refractivity contribution is 6.35. The van der Waals surface area contributed by atoms with Crippen molar-refractivity contribution in [1.82, 2.24) is 5.32 Å². The van der Waals surface area contributed by atoms with Gasteiger partial charge >= 0.3 is 0 Å². The first-order valence-electron chi connectivity index (χ1n) is 9.02. The van der Waals surface area contributed by atoms with Crippen LogP contribution >= 0.6 is 23.2 Å². The smallest absolute Gasteiger partial charge is 0.243 e. The van der Waals surface area contributed by atoms with Crippen molar-refractivity contribution >= 4 is 46.5 Å². The molecule has 0 radical (unpaired) electrons. The Morgan fingerprint density at radius 2 is 1.64 bits per heavy atom. The second-order valence-electron chi connectivity index (χ2n) is 6.32. The van der Waals surface area contributed by atoms with Crippen molar-refractivity contribution in [3.8, 4) is 0 Å². The molecule has 0 aliphatic heterocycles. The number of hydrogen-bond donors (Lipinski definition) is 2. The summed E-state index contributed by atoms with van der Waals surface area (Å²) in [7, 11) is 0. The molecule has 0 saturated heterocycles. The zero-order valence-electron chi connectivity index (χ0n) is 15.6. The van der Waals surface area contributed by atoms with Crippen molar-refractivity contribution in [2.45, 2.75) is 32.6 Å². The number of aryl methyl sites for hydroxylation is 1. The van der Waals surface area contributed by atoms with E-state index in [4.69, 9.17) is 23.2 Å². The van der Waals surface area contributed by atoms with Gasteiger partial charge in [0.05, 0.1) is 17.3 Å². The van der Waals surface area contributed by atoms with Gasteiger partial charge in [-0.25, -0.2) is 0 Å². The van der Waals surface area contributed by atoms with Crippen LogP contribution in [0.2, 0.25) is 10.0 Å². The Balaban J connectivity index is 1.75. The molecule has 0 atom stereocenters. The van der Waals surface area contributed by atoms with Gasteiger partial charge < -0.3 is 10.6 Å². The zero-order chi connectivity index (χ0) is 20.5. The van der Waals surface area contributed by atoms with Crippen LogP contribution in [0.15, 0.2) is 42.5 Å². The fourth-order valence-corrected chi connectivity index (χ4v) is 2.91. The van der Waals surface area contributed by atoms with Gasteiger partial charge in [0.15, 0.2) is 5.78 Å². The fraction of sp³-hybridized carbons (Fsp3) is 0.286. The highest BCUT2D eigenvalue weighted by Gasteiger charge is 2.11. The first-order chi connectivity index (χ1) is 13.4. The Kier molecular flexibility index (Phi) is 8.48. The van der Waals surface area contributed by atoms with Crippen LogP contribution in [-0.2, 0) is 16.0 Å². The summed E-state index contributed by atoms with van der Waals surface area (Å²) >= 11 is 11.8. The maximum Gasteiger partial charge on any atom is 0.243 e. The van der Waals surface area contributed by atoms with Crippen LogP contribution in [0.3, 0.4) is 0 Å². The molecule has 0 bridgehead atoms. The van der Waals surface area contributed by atoms with E-state index in [9.17, 15) is 14.4 Å². The van der Waals surface area contributed by atoms with Crippen LogP contribution in [0, 0.1) is 0 Å². The van der Waals surface area contributed by atoms with Crippen molar-refractivity contribution in [1.29, 1.82) is 0 Å². The summed E-state index contributed by atoms with van der Waals surface area (Å²) in [6, 6.07) is 12.1. The predicted octanol–water partition coefficient (Wildman–Crippen LogP) is 4.66. The summed E-state index contributed by atoms with van der Waals surface area (Å²) in [4.78, 5) is 36.0. The van der Waals surface area contributed by atoms with Gasteiger partial charge in [0.25, 0.3) is 0 Å². The molecule has 0 aromatic heterocycles. The van der Waals surface area contributed by atoms with Crippen LogP contribution in [-0.4, -0.2) is 24.1 Å². The Hall–Kier alpha value is -2.37. The summed E-state index contributed by atoms with van der Waals surface area (Å²) in [5.74, 6) is -0.910. The van der Waals surface area contributed by atoms with E-state index in [1.807, 2.05) is 12.1 Å². The molecule has 5 nitrogen and oxygen atoms in total. The number of rotatable bonds is 9. The fourth-order valence-electron chi connectivity index (χ4n) is 2.57. The molecule has 2 rings (SSSR count). The number of amides is 2. The van der Waals surface area contributed by atoms with Crippen LogP contribution < -0.4 is 10.6 Å². The largest absolute Gasteiger partial charge is 0.347 e. The van der Waals surface area contributed by atoms with E-state index in [0.717, 1.165) is 12.8 Å². The number of hydrogen-bond acceptors (Lipinski definition) is 3. The van der Waals surface area contributed by atoms with Gasteiger partial charge in [-0.2, -0.15) is 0 Å². The second kappa shape index (κ2) is 10.8. The average Bonchev–Trinajstić information content (AvgIpc) is 2.68. The van der Waals surface area contributed by atoms with Crippen LogP contribution in [0.5, 0.6) is 0 Å². The third-order valence-corrected chi connectivity index (χ3v) is 4.61. The molecule has 0 saturated carbocycles. The molecular weight excluding hydrogens is 399 g/mol. The molecule has 2 aromatic rings. The van der Waals surface area contributed by atoms with Gasteiger partial charge in [0.2, 0.25) is 11.8 Å². The zero-order valence-corrected chi connectivity index (χ0v) is 17.1. The molecule has 0 spiro atoms. The van der Waals surface area contributed by atoms with Gasteiger partial charge in [-0.3, -0.25) is 14.4 Å². The molecule has 0 aliphatic carbocycles. The summed E-state index contributed by atoms with van der Waals surface area (Å²) in [5.41, 5.74) is 2.14. The van der Waals surface area contributed by atoms with Crippen LogP contribution in [0.25, 0.3) is 0 Å². The van der Waals surface area contributed by atoms with Gasteiger partial charge in [0.1, 0.15) is 0 Å². The van der Waals surface area contributed by atoms with Crippen molar-refractivity contribution in [2.24, 2.45) is 0 Å². The molecule has 2 aromatic carbocycles. The predicted molar refractivity (Wildman–Crippen MR) is 112 cm³/mol. The normalized spacial score (nSPS) is 10.4. The lowest BCUT2D eigenvalue weighted by Gasteiger charge is -2.09. The van der Waals surface area contributed by atoms with E-state index in [2.05, 4.69) is 17.6 Å². The number of halogens is 2. The minimum Gasteiger partial charge on any atom is -0.347 e. The minimum atomic E-state index is -0.435. The van der Waals surface area contributed by atoms with E-state index < -0.39 is 5.91 Å². The number of ketones is 1. The third kappa shape index (κ3) is 6.98. The minimum absolute atomic E-state index is 0.0146. The first kappa shape index (κ1) is 21.9. The number of anilines is 1.